The summed E-state index contributed by atoms with van der Waals surface area (Å²) in [6.45, 7) is 6.28. The number of hydrogen-bond acceptors (Lipinski definition) is 9. The average molecular weight is 578 g/mol. The third-order valence-corrected chi connectivity index (χ3v) is 7.39. The quantitative estimate of drug-likeness (QED) is 0.333. The van der Waals surface area contributed by atoms with E-state index in [2.05, 4.69) is 10.3 Å². The van der Waals surface area contributed by atoms with Gasteiger partial charge < -0.3 is 14.8 Å². The van der Waals surface area contributed by atoms with Crippen molar-refractivity contribution in [3.63, 3.8) is 0 Å². The van der Waals surface area contributed by atoms with Gasteiger partial charge in [-0.05, 0) is 57.5 Å². The van der Waals surface area contributed by atoms with Gasteiger partial charge >= 0.3 is 11.9 Å². The van der Waals surface area contributed by atoms with E-state index in [0.29, 0.717) is 11.1 Å². The van der Waals surface area contributed by atoms with Crippen LogP contribution in [-0.4, -0.2) is 56.3 Å². The fourth-order valence-electron chi connectivity index (χ4n) is 4.14. The van der Waals surface area contributed by atoms with Gasteiger partial charge in [0.2, 0.25) is 0 Å². The lowest BCUT2D eigenvalue weighted by molar-refractivity contribution is 0.0377. The zero-order chi connectivity index (χ0) is 30.2. The molecule has 0 unspecified atom stereocenters. The molecule has 1 N–H and O–H groups in total. The van der Waals surface area contributed by atoms with E-state index >= 15 is 0 Å². The number of amides is 1. The van der Waals surface area contributed by atoms with Crippen LogP contribution in [0.25, 0.3) is 11.1 Å². The predicted octanol–water partition coefficient (Wildman–Crippen LogP) is 4.02. The second-order valence-corrected chi connectivity index (χ2v) is 11.5. The number of nitriles is 1. The van der Waals surface area contributed by atoms with Crippen LogP contribution in [0.15, 0.2) is 54.6 Å². The molecule has 0 saturated heterocycles. The average Bonchev–Trinajstić information content (AvgIpc) is 2.92. The summed E-state index contributed by atoms with van der Waals surface area (Å²) >= 11 is 0. The Bertz CT molecular complexity index is 1590. The summed E-state index contributed by atoms with van der Waals surface area (Å²) in [5, 5.41) is 12.1. The number of carbonyl (C=O) groups excluding carboxylic acids is 3. The van der Waals surface area contributed by atoms with Gasteiger partial charge in [0.25, 0.3) is 5.91 Å². The molecular formula is C30H31N3O7S. The van der Waals surface area contributed by atoms with Crippen molar-refractivity contribution in [1.29, 1.82) is 5.26 Å². The zero-order valence-corrected chi connectivity index (χ0v) is 24.1. The largest absolute Gasteiger partial charge is 0.462 e. The molecule has 0 spiro atoms. The highest BCUT2D eigenvalue weighted by Gasteiger charge is 2.31. The number of rotatable bonds is 11. The number of hydrogen-bond donors (Lipinski definition) is 1. The maximum absolute atomic E-state index is 13.5. The Morgan fingerprint density at radius 2 is 1.73 bits per heavy atom. The normalized spacial score (nSPS) is 11.0. The van der Waals surface area contributed by atoms with Gasteiger partial charge in [0.15, 0.2) is 9.84 Å². The van der Waals surface area contributed by atoms with Crippen LogP contribution in [0, 0.1) is 18.3 Å². The molecular weight excluding hydrogens is 546 g/mol. The molecule has 0 aliphatic rings. The maximum atomic E-state index is 13.5. The van der Waals surface area contributed by atoms with Crippen LogP contribution in [-0.2, 0) is 25.1 Å². The van der Waals surface area contributed by atoms with Crippen molar-refractivity contribution in [3.05, 3.63) is 88.2 Å². The van der Waals surface area contributed by atoms with Crippen LogP contribution in [0.2, 0.25) is 0 Å². The number of aromatic nitrogens is 1. The Balaban J connectivity index is 2.10. The Morgan fingerprint density at radius 1 is 1.02 bits per heavy atom. The first-order valence-corrected chi connectivity index (χ1v) is 14.7. The molecule has 0 aliphatic heterocycles. The SMILES string of the molecule is CCOC(=O)c1c(C)nc(CS(=O)(=O)CCNC(=O)c2ccccc2)c(C(=O)OC(C)C)c1-c1cccc(C#N)c1. The monoisotopic (exact) mass is 577 g/mol. The van der Waals surface area contributed by atoms with Crippen molar-refractivity contribution in [2.45, 2.75) is 39.6 Å². The number of ether oxygens (including phenoxy) is 2. The summed E-state index contributed by atoms with van der Waals surface area (Å²) in [4.78, 5) is 43.3. The lowest BCUT2D eigenvalue weighted by atomic mass is 9.91. The van der Waals surface area contributed by atoms with E-state index in [9.17, 15) is 28.1 Å². The smallest absolute Gasteiger partial charge is 0.340 e. The summed E-state index contributed by atoms with van der Waals surface area (Å²) in [6, 6.07) is 16.6. The minimum Gasteiger partial charge on any atom is -0.462 e. The second kappa shape index (κ2) is 13.7. The highest BCUT2D eigenvalue weighted by molar-refractivity contribution is 7.90. The van der Waals surface area contributed by atoms with E-state index in [-0.39, 0.29) is 46.8 Å². The number of esters is 2. The van der Waals surface area contributed by atoms with Gasteiger partial charge in [-0.25, -0.2) is 18.0 Å². The summed E-state index contributed by atoms with van der Waals surface area (Å²) in [5.41, 5.74) is 0.826. The molecule has 0 saturated carbocycles. The first-order chi connectivity index (χ1) is 19.5. The first-order valence-electron chi connectivity index (χ1n) is 12.9. The van der Waals surface area contributed by atoms with Gasteiger partial charge in [-0.2, -0.15) is 5.26 Å². The van der Waals surface area contributed by atoms with Gasteiger partial charge in [-0.15, -0.1) is 0 Å². The van der Waals surface area contributed by atoms with E-state index in [4.69, 9.17) is 9.47 Å². The molecule has 11 heteroatoms. The number of carbonyl (C=O) groups is 3. The van der Waals surface area contributed by atoms with Crippen LogP contribution in [0.1, 0.15) is 68.8 Å². The third-order valence-electron chi connectivity index (χ3n) is 5.85. The van der Waals surface area contributed by atoms with Crippen LogP contribution >= 0.6 is 0 Å². The van der Waals surface area contributed by atoms with E-state index in [0.717, 1.165) is 0 Å². The molecule has 0 atom stereocenters. The molecule has 10 nitrogen and oxygen atoms in total. The van der Waals surface area contributed by atoms with E-state index < -0.39 is 45.3 Å². The molecule has 0 bridgehead atoms. The highest BCUT2D eigenvalue weighted by atomic mass is 32.2. The molecule has 1 aromatic heterocycles. The van der Waals surface area contributed by atoms with Gasteiger partial charge in [0.1, 0.15) is 0 Å². The van der Waals surface area contributed by atoms with Crippen LogP contribution < -0.4 is 5.32 Å². The van der Waals surface area contributed by atoms with Crippen LogP contribution in [0.3, 0.4) is 0 Å². The highest BCUT2D eigenvalue weighted by Crippen LogP contribution is 2.34. The number of aryl methyl sites for hydroxylation is 1. The minimum absolute atomic E-state index is 0.0334. The summed E-state index contributed by atoms with van der Waals surface area (Å²) < 4.78 is 37.1. The van der Waals surface area contributed by atoms with Crippen molar-refractivity contribution in [3.8, 4) is 17.2 Å². The third kappa shape index (κ3) is 7.99. The lowest BCUT2D eigenvalue weighted by Crippen LogP contribution is -2.30. The molecule has 0 aliphatic carbocycles. The molecule has 2 aromatic carbocycles. The van der Waals surface area contributed by atoms with Crippen molar-refractivity contribution in [2.24, 2.45) is 0 Å². The minimum atomic E-state index is -3.92. The molecule has 0 radical (unpaired) electrons. The molecule has 1 amide bonds. The zero-order valence-electron chi connectivity index (χ0n) is 23.3. The van der Waals surface area contributed by atoms with Crippen molar-refractivity contribution < 1.29 is 32.3 Å². The molecule has 214 valence electrons. The van der Waals surface area contributed by atoms with Gasteiger partial charge in [0, 0.05) is 17.7 Å². The Morgan fingerprint density at radius 3 is 2.37 bits per heavy atom. The van der Waals surface area contributed by atoms with Gasteiger partial charge in [-0.1, -0.05) is 30.3 Å². The Hall–Kier alpha value is -4.56. The van der Waals surface area contributed by atoms with Gasteiger partial charge in [0.05, 0.1) is 58.4 Å². The summed E-state index contributed by atoms with van der Waals surface area (Å²) in [6.07, 6.45) is -0.564. The van der Waals surface area contributed by atoms with Gasteiger partial charge in [-0.3, -0.25) is 9.78 Å². The number of nitrogens with one attached hydrogen (secondary N) is 1. The fourth-order valence-corrected chi connectivity index (χ4v) is 5.32. The molecule has 3 aromatic rings. The molecule has 3 rings (SSSR count). The fraction of sp³-hybridized carbons (Fsp3) is 0.300. The van der Waals surface area contributed by atoms with E-state index in [1.807, 2.05) is 6.07 Å². The van der Waals surface area contributed by atoms with Crippen molar-refractivity contribution in [1.82, 2.24) is 10.3 Å². The van der Waals surface area contributed by atoms with E-state index in [1.54, 1.807) is 69.3 Å². The first kappa shape index (κ1) is 31.0. The summed E-state index contributed by atoms with van der Waals surface area (Å²) in [5.74, 6) is -3.14. The van der Waals surface area contributed by atoms with Crippen molar-refractivity contribution >= 4 is 27.7 Å². The lowest BCUT2D eigenvalue weighted by Gasteiger charge is -2.20. The van der Waals surface area contributed by atoms with Crippen molar-refractivity contribution in [2.75, 3.05) is 18.9 Å². The molecule has 0 fully saturated rings. The second-order valence-electron chi connectivity index (χ2n) is 9.35. The number of benzene rings is 2. The van der Waals surface area contributed by atoms with E-state index in [1.165, 1.54) is 13.0 Å². The van der Waals surface area contributed by atoms with Crippen LogP contribution in [0.4, 0.5) is 0 Å². The predicted molar refractivity (Wildman–Crippen MR) is 152 cm³/mol. The number of pyridine rings is 1. The summed E-state index contributed by atoms with van der Waals surface area (Å²) in [7, 11) is -3.92. The number of sulfone groups is 1. The maximum Gasteiger partial charge on any atom is 0.340 e. The Kier molecular flexibility index (Phi) is 10.3. The topological polar surface area (TPSA) is 153 Å². The number of nitrogens with zero attached hydrogens (tertiary/aromatic N) is 2. The van der Waals surface area contributed by atoms with Crippen LogP contribution in [0.5, 0.6) is 0 Å². The Labute approximate surface area is 239 Å². The molecule has 41 heavy (non-hydrogen) atoms. The molecule has 1 heterocycles. The standard InChI is InChI=1S/C30H31N3O7S/c1-5-39-29(35)25-20(4)33-24(18-41(37,38)15-14-32-28(34)22-11-7-6-8-12-22)27(30(36)40-19(2)3)26(25)23-13-9-10-21(16-23)17-31/h6-13,16,19H,5,14-15,18H2,1-4H3,(H,32,34).